The zero-order valence-electron chi connectivity index (χ0n) is 17.6. The zero-order valence-corrected chi connectivity index (χ0v) is 19.2. The van der Waals surface area contributed by atoms with Crippen LogP contribution >= 0.6 is 24.8 Å². The number of hydrogen-bond donors (Lipinski definition) is 1. The lowest BCUT2D eigenvalue weighted by Gasteiger charge is -2.36. The molecule has 1 fully saturated rings. The fourth-order valence-corrected chi connectivity index (χ4v) is 3.80. The minimum Gasteiger partial charge on any atom is -0.495 e. The van der Waals surface area contributed by atoms with Crippen LogP contribution in [0.1, 0.15) is 6.42 Å². The van der Waals surface area contributed by atoms with Crippen molar-refractivity contribution in [3.63, 3.8) is 0 Å². The third-order valence-electron chi connectivity index (χ3n) is 5.38. The Bertz CT molecular complexity index is 1020. The molecule has 0 unspecified atom stereocenters. The van der Waals surface area contributed by atoms with Crippen LogP contribution in [0, 0.1) is 0 Å². The van der Waals surface area contributed by atoms with Crippen molar-refractivity contribution in [1.82, 2.24) is 9.88 Å². The van der Waals surface area contributed by atoms with Gasteiger partial charge in [0.2, 0.25) is 5.56 Å². The van der Waals surface area contributed by atoms with Gasteiger partial charge in [0.25, 0.3) is 0 Å². The number of aromatic amines is 1. The van der Waals surface area contributed by atoms with Gasteiger partial charge in [-0.2, -0.15) is 0 Å². The number of para-hydroxylation sites is 2. The third kappa shape index (κ3) is 6.29. The molecule has 6 nitrogen and oxygen atoms in total. The maximum absolute atomic E-state index is 11.5. The second kappa shape index (κ2) is 11.8. The van der Waals surface area contributed by atoms with Gasteiger partial charge in [0.05, 0.1) is 24.9 Å². The second-order valence-corrected chi connectivity index (χ2v) is 7.27. The molecular weight excluding hydrogens is 437 g/mol. The monoisotopic (exact) mass is 465 g/mol. The van der Waals surface area contributed by atoms with Crippen LogP contribution in [0.15, 0.2) is 59.4 Å². The van der Waals surface area contributed by atoms with Gasteiger partial charge >= 0.3 is 0 Å². The molecule has 0 spiro atoms. The number of fused-ring (bicyclic) bond motifs is 1. The van der Waals surface area contributed by atoms with Gasteiger partial charge in [-0.1, -0.05) is 12.1 Å². The van der Waals surface area contributed by atoms with Gasteiger partial charge in [0, 0.05) is 44.9 Å². The van der Waals surface area contributed by atoms with E-state index in [1.165, 1.54) is 11.8 Å². The van der Waals surface area contributed by atoms with E-state index in [9.17, 15) is 4.79 Å². The summed E-state index contributed by atoms with van der Waals surface area (Å²) in [6, 6.07) is 17.4. The van der Waals surface area contributed by atoms with E-state index in [0.717, 1.165) is 61.5 Å². The summed E-state index contributed by atoms with van der Waals surface area (Å²) in [4.78, 5) is 19.2. The molecule has 1 N–H and O–H groups in total. The molecule has 2 aromatic carbocycles. The van der Waals surface area contributed by atoms with E-state index >= 15 is 0 Å². The van der Waals surface area contributed by atoms with Crippen LogP contribution in [0.2, 0.25) is 0 Å². The van der Waals surface area contributed by atoms with Crippen LogP contribution in [0.5, 0.6) is 11.5 Å². The van der Waals surface area contributed by atoms with Crippen molar-refractivity contribution in [3.05, 3.63) is 65.0 Å². The molecular formula is C23H29Cl2N3O3. The summed E-state index contributed by atoms with van der Waals surface area (Å²) in [6.45, 7) is 5.75. The topological polar surface area (TPSA) is 57.8 Å². The van der Waals surface area contributed by atoms with E-state index in [1.807, 2.05) is 36.4 Å². The Morgan fingerprint density at radius 2 is 1.71 bits per heavy atom. The highest BCUT2D eigenvalue weighted by atomic mass is 35.5. The Labute approximate surface area is 195 Å². The largest absolute Gasteiger partial charge is 0.495 e. The highest BCUT2D eigenvalue weighted by molar-refractivity contribution is 5.85. The number of pyridine rings is 1. The Morgan fingerprint density at radius 3 is 2.48 bits per heavy atom. The number of hydrogen-bond acceptors (Lipinski definition) is 5. The number of methoxy groups -OCH3 is 1. The fraction of sp³-hybridized carbons (Fsp3) is 0.348. The molecule has 1 aromatic heterocycles. The number of benzene rings is 2. The first kappa shape index (κ1) is 24.9. The summed E-state index contributed by atoms with van der Waals surface area (Å²) >= 11 is 0. The van der Waals surface area contributed by atoms with Crippen molar-refractivity contribution < 1.29 is 9.47 Å². The number of piperazine rings is 1. The number of nitrogens with zero attached hydrogens (tertiary/aromatic N) is 2. The van der Waals surface area contributed by atoms with Crippen LogP contribution < -0.4 is 19.9 Å². The lowest BCUT2D eigenvalue weighted by atomic mass is 10.2. The standard InChI is InChI=1S/C23H27N3O3.2ClH/c1-28-22-6-3-2-5-21(22)26-14-12-25(13-15-26)11-4-16-29-19-9-7-18-8-10-23(27)24-20(18)17-19;;/h2-3,5-10,17H,4,11-16H2,1H3,(H,24,27);2*1H. The Hall–Kier alpha value is -2.41. The predicted molar refractivity (Wildman–Crippen MR) is 131 cm³/mol. The van der Waals surface area contributed by atoms with Crippen molar-refractivity contribution >= 4 is 41.4 Å². The van der Waals surface area contributed by atoms with Crippen LogP contribution in [0.25, 0.3) is 10.9 Å². The van der Waals surface area contributed by atoms with E-state index < -0.39 is 0 Å². The Morgan fingerprint density at radius 1 is 0.968 bits per heavy atom. The maximum atomic E-state index is 11.5. The van der Waals surface area contributed by atoms with Crippen LogP contribution in [0.4, 0.5) is 5.69 Å². The highest BCUT2D eigenvalue weighted by Crippen LogP contribution is 2.28. The van der Waals surface area contributed by atoms with E-state index in [2.05, 4.69) is 26.9 Å². The molecule has 168 valence electrons. The molecule has 2 heterocycles. The first-order chi connectivity index (χ1) is 14.2. The highest BCUT2D eigenvalue weighted by Gasteiger charge is 2.19. The number of nitrogens with one attached hydrogen (secondary N) is 1. The molecule has 8 heteroatoms. The first-order valence-corrected chi connectivity index (χ1v) is 10.1. The number of aromatic nitrogens is 1. The zero-order chi connectivity index (χ0) is 20.1. The van der Waals surface area contributed by atoms with Gasteiger partial charge in [-0.15, -0.1) is 24.8 Å². The molecule has 1 aliphatic rings. The number of halogens is 2. The van der Waals surface area contributed by atoms with Crippen molar-refractivity contribution in [3.8, 4) is 11.5 Å². The number of anilines is 1. The lowest BCUT2D eigenvalue weighted by Crippen LogP contribution is -2.46. The fourth-order valence-electron chi connectivity index (χ4n) is 3.80. The van der Waals surface area contributed by atoms with Gasteiger partial charge in [-0.05, 0) is 42.1 Å². The Balaban J connectivity index is 0.00000171. The summed E-state index contributed by atoms with van der Waals surface area (Å²) in [5, 5.41) is 1.00. The molecule has 0 bridgehead atoms. The molecule has 3 aromatic rings. The van der Waals surface area contributed by atoms with E-state index in [-0.39, 0.29) is 30.4 Å². The van der Waals surface area contributed by atoms with Crippen molar-refractivity contribution in [2.75, 3.05) is 51.3 Å². The van der Waals surface area contributed by atoms with E-state index in [4.69, 9.17) is 9.47 Å². The molecule has 0 atom stereocenters. The van der Waals surface area contributed by atoms with Crippen molar-refractivity contribution in [2.24, 2.45) is 0 Å². The smallest absolute Gasteiger partial charge is 0.248 e. The summed E-state index contributed by atoms with van der Waals surface area (Å²) in [6.07, 6.45) is 0.970. The van der Waals surface area contributed by atoms with Gasteiger partial charge in [0.1, 0.15) is 11.5 Å². The SMILES string of the molecule is COc1ccccc1N1CCN(CCCOc2ccc3ccc(=O)[nH]c3c2)CC1.Cl.Cl. The predicted octanol–water partition coefficient (Wildman–Crippen LogP) is 3.97. The first-order valence-electron chi connectivity index (χ1n) is 10.1. The number of H-pyrrole nitrogens is 1. The summed E-state index contributed by atoms with van der Waals surface area (Å²) in [5.41, 5.74) is 1.89. The molecule has 0 amide bonds. The maximum Gasteiger partial charge on any atom is 0.248 e. The summed E-state index contributed by atoms with van der Waals surface area (Å²) < 4.78 is 11.4. The summed E-state index contributed by atoms with van der Waals surface area (Å²) in [7, 11) is 1.72. The minimum absolute atomic E-state index is 0. The van der Waals surface area contributed by atoms with Gasteiger partial charge < -0.3 is 19.4 Å². The molecule has 31 heavy (non-hydrogen) atoms. The van der Waals surface area contributed by atoms with Crippen LogP contribution in [-0.4, -0.2) is 56.3 Å². The van der Waals surface area contributed by atoms with Gasteiger partial charge in [-0.3, -0.25) is 9.69 Å². The quantitative estimate of drug-likeness (QED) is 0.534. The normalized spacial score (nSPS) is 13.9. The molecule has 0 aliphatic carbocycles. The molecule has 0 saturated carbocycles. The van der Waals surface area contributed by atoms with E-state index in [1.54, 1.807) is 7.11 Å². The molecule has 1 saturated heterocycles. The molecule has 4 rings (SSSR count). The van der Waals surface area contributed by atoms with Crippen LogP contribution in [0.3, 0.4) is 0 Å². The molecule has 0 radical (unpaired) electrons. The number of rotatable bonds is 7. The van der Waals surface area contributed by atoms with Crippen molar-refractivity contribution in [1.29, 1.82) is 0 Å². The lowest BCUT2D eigenvalue weighted by molar-refractivity contribution is 0.224. The van der Waals surface area contributed by atoms with E-state index in [0.29, 0.717) is 6.61 Å². The minimum atomic E-state index is -0.0954. The third-order valence-corrected chi connectivity index (χ3v) is 5.38. The Kier molecular flexibility index (Phi) is 9.49. The van der Waals surface area contributed by atoms with Crippen molar-refractivity contribution in [2.45, 2.75) is 6.42 Å². The van der Waals surface area contributed by atoms with Gasteiger partial charge in [-0.25, -0.2) is 0 Å². The molecule has 1 aliphatic heterocycles. The average Bonchev–Trinajstić information content (AvgIpc) is 2.77. The average molecular weight is 466 g/mol. The second-order valence-electron chi connectivity index (χ2n) is 7.27. The number of ether oxygens (including phenoxy) is 2. The van der Waals surface area contributed by atoms with Gasteiger partial charge in [0.15, 0.2) is 0 Å². The summed E-state index contributed by atoms with van der Waals surface area (Å²) in [5.74, 6) is 1.73. The van der Waals surface area contributed by atoms with Crippen LogP contribution in [-0.2, 0) is 0 Å².